The van der Waals surface area contributed by atoms with Gasteiger partial charge in [0, 0.05) is 13.1 Å². The number of para-hydroxylation sites is 1. The van der Waals surface area contributed by atoms with Gasteiger partial charge in [0.25, 0.3) is 0 Å². The van der Waals surface area contributed by atoms with Crippen LogP contribution in [-0.2, 0) is 4.74 Å². The number of piperidine rings is 1. The summed E-state index contributed by atoms with van der Waals surface area (Å²) in [6.45, 7) is 6.24. The van der Waals surface area contributed by atoms with Crippen LogP contribution in [0.3, 0.4) is 0 Å². The van der Waals surface area contributed by atoms with Crippen molar-refractivity contribution in [2.45, 2.75) is 26.2 Å². The molecule has 3 N–H and O–H groups in total. The van der Waals surface area contributed by atoms with Crippen LogP contribution in [0.1, 0.15) is 36.5 Å². The molecular formula is C16H25N3O2. The zero-order chi connectivity index (χ0) is 15.1. The number of nitrogens with zero attached hydrogens (tertiary/aromatic N) is 1. The number of likely N-dealkylation sites (tertiary alicyclic amines) is 1. The van der Waals surface area contributed by atoms with Gasteiger partial charge >= 0.3 is 5.97 Å². The number of carbonyl (C=O) groups excluding carboxylic acids is 1. The molecule has 1 heterocycles. The van der Waals surface area contributed by atoms with Gasteiger partial charge in [0.1, 0.15) is 0 Å². The van der Waals surface area contributed by atoms with E-state index < -0.39 is 0 Å². The molecule has 21 heavy (non-hydrogen) atoms. The molecule has 0 bridgehead atoms. The van der Waals surface area contributed by atoms with Crippen molar-refractivity contribution in [2.24, 2.45) is 0 Å². The topological polar surface area (TPSA) is 67.6 Å². The van der Waals surface area contributed by atoms with Gasteiger partial charge in [-0.05, 0) is 45.0 Å². The largest absolute Gasteiger partial charge is 0.462 e. The number of ether oxygens (including phenoxy) is 1. The second-order valence-corrected chi connectivity index (χ2v) is 5.32. The van der Waals surface area contributed by atoms with Crippen LogP contribution in [0, 0.1) is 0 Å². The van der Waals surface area contributed by atoms with E-state index in [0.717, 1.165) is 26.2 Å². The second kappa shape index (κ2) is 7.88. The van der Waals surface area contributed by atoms with Crippen LogP contribution in [0.2, 0.25) is 0 Å². The highest BCUT2D eigenvalue weighted by atomic mass is 16.5. The van der Waals surface area contributed by atoms with Crippen LogP contribution in [0.4, 0.5) is 11.4 Å². The minimum atomic E-state index is -0.328. The molecule has 1 aromatic rings. The summed E-state index contributed by atoms with van der Waals surface area (Å²) >= 11 is 0. The van der Waals surface area contributed by atoms with E-state index in [1.165, 1.54) is 19.3 Å². The Kier molecular flexibility index (Phi) is 5.87. The van der Waals surface area contributed by atoms with Gasteiger partial charge in [-0.25, -0.2) is 4.79 Å². The number of hydrogen-bond donors (Lipinski definition) is 2. The van der Waals surface area contributed by atoms with Crippen LogP contribution in [0.5, 0.6) is 0 Å². The number of carbonyl (C=O) groups is 1. The smallest absolute Gasteiger partial charge is 0.340 e. The summed E-state index contributed by atoms with van der Waals surface area (Å²) in [6, 6.07) is 5.32. The summed E-state index contributed by atoms with van der Waals surface area (Å²) in [4.78, 5) is 14.4. The predicted octanol–water partition coefficient (Wildman–Crippen LogP) is 2.34. The Balaban J connectivity index is 1.96. The summed E-state index contributed by atoms with van der Waals surface area (Å²) in [7, 11) is 0. The molecule has 0 amide bonds. The molecule has 0 aliphatic carbocycles. The third-order valence-corrected chi connectivity index (χ3v) is 3.77. The lowest BCUT2D eigenvalue weighted by Gasteiger charge is -2.26. The Labute approximate surface area is 126 Å². The number of rotatable bonds is 6. The number of nitrogens with two attached hydrogens (primary N) is 1. The molecule has 0 spiro atoms. The molecule has 1 saturated heterocycles. The summed E-state index contributed by atoms with van der Waals surface area (Å²) in [5.41, 5.74) is 7.77. The van der Waals surface area contributed by atoms with E-state index >= 15 is 0 Å². The first-order valence-corrected chi connectivity index (χ1v) is 7.74. The van der Waals surface area contributed by atoms with Crippen LogP contribution >= 0.6 is 0 Å². The van der Waals surface area contributed by atoms with Gasteiger partial charge in [-0.2, -0.15) is 0 Å². The van der Waals surface area contributed by atoms with E-state index in [0.29, 0.717) is 23.5 Å². The van der Waals surface area contributed by atoms with Crippen molar-refractivity contribution in [3.8, 4) is 0 Å². The standard InChI is InChI=1S/C16H25N3O2/c1-2-21-16(20)13-7-6-8-14(17)15(13)18-9-12-19-10-4-3-5-11-19/h6-8,18H,2-5,9-12,17H2,1H3. The van der Waals surface area contributed by atoms with Crippen molar-refractivity contribution >= 4 is 17.3 Å². The SMILES string of the molecule is CCOC(=O)c1cccc(N)c1NCCN1CCCCC1. The fourth-order valence-corrected chi connectivity index (χ4v) is 2.67. The maximum Gasteiger partial charge on any atom is 0.340 e. The number of esters is 1. The van der Waals surface area contributed by atoms with E-state index in [9.17, 15) is 4.79 Å². The minimum Gasteiger partial charge on any atom is -0.462 e. The Bertz CT molecular complexity index is 471. The first kappa shape index (κ1) is 15.6. The molecule has 2 rings (SSSR count). The van der Waals surface area contributed by atoms with Crippen molar-refractivity contribution in [2.75, 3.05) is 43.8 Å². The number of nitrogen functional groups attached to an aromatic ring is 1. The van der Waals surface area contributed by atoms with Gasteiger partial charge in [0.15, 0.2) is 0 Å². The highest BCUT2D eigenvalue weighted by molar-refractivity contribution is 5.98. The molecule has 0 saturated carbocycles. The van der Waals surface area contributed by atoms with Crippen LogP contribution < -0.4 is 11.1 Å². The molecule has 0 aromatic heterocycles. The maximum absolute atomic E-state index is 12.0. The van der Waals surface area contributed by atoms with Crippen molar-refractivity contribution < 1.29 is 9.53 Å². The van der Waals surface area contributed by atoms with Gasteiger partial charge in [-0.1, -0.05) is 12.5 Å². The Morgan fingerprint density at radius 1 is 1.33 bits per heavy atom. The van der Waals surface area contributed by atoms with Gasteiger partial charge in [-0.15, -0.1) is 0 Å². The van der Waals surface area contributed by atoms with Crippen molar-refractivity contribution in [3.63, 3.8) is 0 Å². The molecule has 1 fully saturated rings. The van der Waals surface area contributed by atoms with Crippen molar-refractivity contribution in [3.05, 3.63) is 23.8 Å². The summed E-state index contributed by atoms with van der Waals surface area (Å²) in [5.74, 6) is -0.328. The Morgan fingerprint density at radius 2 is 2.10 bits per heavy atom. The fourth-order valence-electron chi connectivity index (χ4n) is 2.67. The number of benzene rings is 1. The quantitative estimate of drug-likeness (QED) is 0.622. The molecular weight excluding hydrogens is 266 g/mol. The van der Waals surface area contributed by atoms with E-state index in [-0.39, 0.29) is 5.97 Å². The van der Waals surface area contributed by atoms with Gasteiger partial charge in [0.05, 0.1) is 23.5 Å². The highest BCUT2D eigenvalue weighted by Gasteiger charge is 2.15. The lowest BCUT2D eigenvalue weighted by Crippen LogP contribution is -2.34. The molecule has 0 unspecified atom stereocenters. The minimum absolute atomic E-state index is 0.328. The predicted molar refractivity (Wildman–Crippen MR) is 85.6 cm³/mol. The van der Waals surface area contributed by atoms with Crippen LogP contribution in [0.25, 0.3) is 0 Å². The average molecular weight is 291 g/mol. The molecule has 116 valence electrons. The zero-order valence-corrected chi connectivity index (χ0v) is 12.7. The first-order chi connectivity index (χ1) is 10.2. The third kappa shape index (κ3) is 4.36. The Hall–Kier alpha value is -1.75. The van der Waals surface area contributed by atoms with Gasteiger partial charge < -0.3 is 20.7 Å². The second-order valence-electron chi connectivity index (χ2n) is 5.32. The third-order valence-electron chi connectivity index (χ3n) is 3.77. The normalized spacial score (nSPS) is 15.7. The van der Waals surface area contributed by atoms with Crippen molar-refractivity contribution in [1.82, 2.24) is 4.90 Å². The monoisotopic (exact) mass is 291 g/mol. The molecule has 0 atom stereocenters. The molecule has 0 radical (unpaired) electrons. The summed E-state index contributed by atoms with van der Waals surface area (Å²) in [6.07, 6.45) is 3.89. The molecule has 5 heteroatoms. The number of hydrogen-bond acceptors (Lipinski definition) is 5. The van der Waals surface area contributed by atoms with E-state index in [2.05, 4.69) is 10.2 Å². The number of nitrogens with one attached hydrogen (secondary N) is 1. The lowest BCUT2D eigenvalue weighted by atomic mass is 10.1. The maximum atomic E-state index is 12.0. The van der Waals surface area contributed by atoms with E-state index in [1.807, 2.05) is 0 Å². The van der Waals surface area contributed by atoms with Crippen molar-refractivity contribution in [1.29, 1.82) is 0 Å². The average Bonchev–Trinajstić information content (AvgIpc) is 2.50. The lowest BCUT2D eigenvalue weighted by molar-refractivity contribution is 0.0527. The zero-order valence-electron chi connectivity index (χ0n) is 12.7. The van der Waals surface area contributed by atoms with E-state index in [1.54, 1.807) is 25.1 Å². The fraction of sp³-hybridized carbons (Fsp3) is 0.562. The summed E-state index contributed by atoms with van der Waals surface area (Å²) in [5, 5.41) is 3.30. The van der Waals surface area contributed by atoms with Crippen LogP contribution in [0.15, 0.2) is 18.2 Å². The van der Waals surface area contributed by atoms with Crippen LogP contribution in [-0.4, -0.2) is 43.7 Å². The molecule has 5 nitrogen and oxygen atoms in total. The van der Waals surface area contributed by atoms with Gasteiger partial charge in [0.2, 0.25) is 0 Å². The first-order valence-electron chi connectivity index (χ1n) is 7.74. The summed E-state index contributed by atoms with van der Waals surface area (Å²) < 4.78 is 5.07. The highest BCUT2D eigenvalue weighted by Crippen LogP contribution is 2.24. The Morgan fingerprint density at radius 3 is 2.81 bits per heavy atom. The van der Waals surface area contributed by atoms with E-state index in [4.69, 9.17) is 10.5 Å². The molecule has 1 aromatic carbocycles. The molecule has 1 aliphatic rings. The molecule has 1 aliphatic heterocycles. The number of anilines is 2. The van der Waals surface area contributed by atoms with Gasteiger partial charge in [-0.3, -0.25) is 0 Å².